The molecule has 2 aromatic carbocycles. The molecule has 0 radical (unpaired) electrons. The van der Waals surface area contributed by atoms with Crippen molar-refractivity contribution in [1.29, 1.82) is 0 Å². The van der Waals surface area contributed by atoms with E-state index in [0.717, 1.165) is 5.56 Å². The van der Waals surface area contributed by atoms with Gasteiger partial charge in [0, 0.05) is 6.42 Å². The van der Waals surface area contributed by atoms with Gasteiger partial charge in [0.15, 0.2) is 0 Å². The van der Waals surface area contributed by atoms with E-state index in [2.05, 4.69) is 10.6 Å². The SMILES string of the molecule is NC(=O)CNC(=O)[C@H](Cc1ccc(O)cc1)NC(=O)OCc1ccccc1. The average molecular weight is 371 g/mol. The van der Waals surface area contributed by atoms with Crippen molar-refractivity contribution >= 4 is 17.9 Å². The summed E-state index contributed by atoms with van der Waals surface area (Å²) in [4.78, 5) is 35.2. The third-order valence-corrected chi connectivity index (χ3v) is 3.63. The second kappa shape index (κ2) is 9.81. The molecular weight excluding hydrogens is 350 g/mol. The van der Waals surface area contributed by atoms with Crippen LogP contribution in [-0.2, 0) is 27.4 Å². The van der Waals surface area contributed by atoms with E-state index >= 15 is 0 Å². The van der Waals surface area contributed by atoms with Crippen molar-refractivity contribution in [2.45, 2.75) is 19.1 Å². The average Bonchev–Trinajstić information content (AvgIpc) is 2.66. The van der Waals surface area contributed by atoms with E-state index in [1.54, 1.807) is 24.3 Å². The van der Waals surface area contributed by atoms with Crippen LogP contribution in [0.3, 0.4) is 0 Å². The fraction of sp³-hybridized carbons (Fsp3) is 0.211. The molecule has 0 aliphatic carbocycles. The number of aromatic hydroxyl groups is 1. The highest BCUT2D eigenvalue weighted by molar-refractivity contribution is 5.89. The lowest BCUT2D eigenvalue weighted by atomic mass is 10.1. The number of nitrogens with two attached hydrogens (primary N) is 1. The molecule has 0 spiro atoms. The van der Waals surface area contributed by atoms with E-state index in [1.807, 2.05) is 18.2 Å². The number of primary amides is 1. The number of hydrogen-bond donors (Lipinski definition) is 4. The van der Waals surface area contributed by atoms with Gasteiger partial charge >= 0.3 is 6.09 Å². The maximum absolute atomic E-state index is 12.3. The summed E-state index contributed by atoms with van der Waals surface area (Å²) in [6, 6.07) is 14.3. The lowest BCUT2D eigenvalue weighted by Gasteiger charge is -2.18. The Balaban J connectivity index is 1.99. The normalized spacial score (nSPS) is 11.3. The number of phenolic OH excluding ortho intramolecular Hbond substituents is 1. The Hall–Kier alpha value is -3.55. The fourth-order valence-electron chi connectivity index (χ4n) is 2.28. The van der Waals surface area contributed by atoms with Crippen LogP contribution in [0.1, 0.15) is 11.1 Å². The first kappa shape index (κ1) is 19.8. The molecule has 0 aromatic heterocycles. The zero-order valence-electron chi connectivity index (χ0n) is 14.6. The molecule has 8 heteroatoms. The van der Waals surface area contributed by atoms with Gasteiger partial charge in [-0.05, 0) is 23.3 Å². The smallest absolute Gasteiger partial charge is 0.408 e. The van der Waals surface area contributed by atoms with Crippen molar-refractivity contribution in [3.63, 3.8) is 0 Å². The molecule has 2 rings (SSSR count). The number of rotatable bonds is 8. The zero-order chi connectivity index (χ0) is 19.6. The minimum atomic E-state index is -0.975. The number of phenols is 1. The van der Waals surface area contributed by atoms with Crippen molar-refractivity contribution in [3.8, 4) is 5.75 Å². The van der Waals surface area contributed by atoms with Gasteiger partial charge in [-0.3, -0.25) is 9.59 Å². The van der Waals surface area contributed by atoms with E-state index in [0.29, 0.717) is 5.56 Å². The van der Waals surface area contributed by atoms with E-state index in [4.69, 9.17) is 10.5 Å². The van der Waals surface area contributed by atoms with Crippen LogP contribution >= 0.6 is 0 Å². The number of hydrogen-bond acceptors (Lipinski definition) is 5. The maximum atomic E-state index is 12.3. The number of carbonyl (C=O) groups excluding carboxylic acids is 3. The molecule has 5 N–H and O–H groups in total. The number of alkyl carbamates (subject to hydrolysis) is 1. The molecule has 3 amide bonds. The fourth-order valence-corrected chi connectivity index (χ4v) is 2.28. The van der Waals surface area contributed by atoms with Crippen molar-refractivity contribution < 1.29 is 24.2 Å². The molecule has 0 aliphatic rings. The first-order valence-corrected chi connectivity index (χ1v) is 8.25. The Morgan fingerprint density at radius 3 is 2.30 bits per heavy atom. The summed E-state index contributed by atoms with van der Waals surface area (Å²) in [5.41, 5.74) is 6.54. The molecule has 8 nitrogen and oxygen atoms in total. The van der Waals surface area contributed by atoms with Gasteiger partial charge in [-0.1, -0.05) is 42.5 Å². The van der Waals surface area contributed by atoms with Gasteiger partial charge in [0.1, 0.15) is 18.4 Å². The quantitative estimate of drug-likeness (QED) is 0.546. The summed E-state index contributed by atoms with van der Waals surface area (Å²) in [6.07, 6.45) is -0.623. The van der Waals surface area contributed by atoms with Crippen LogP contribution < -0.4 is 16.4 Å². The third-order valence-electron chi connectivity index (χ3n) is 3.63. The predicted octanol–water partition coefficient (Wildman–Crippen LogP) is 0.831. The molecule has 0 saturated carbocycles. The van der Waals surface area contributed by atoms with Gasteiger partial charge < -0.3 is 26.2 Å². The molecule has 0 bridgehead atoms. The minimum Gasteiger partial charge on any atom is -0.508 e. The molecular formula is C19H21N3O5. The molecule has 0 fully saturated rings. The minimum absolute atomic E-state index is 0.0571. The van der Waals surface area contributed by atoms with Gasteiger partial charge in [-0.15, -0.1) is 0 Å². The van der Waals surface area contributed by atoms with Crippen molar-refractivity contribution in [1.82, 2.24) is 10.6 Å². The Kier molecular flexibility index (Phi) is 7.18. The molecule has 0 unspecified atom stereocenters. The highest BCUT2D eigenvalue weighted by atomic mass is 16.5. The van der Waals surface area contributed by atoms with Gasteiger partial charge in [-0.25, -0.2) is 4.79 Å². The number of amides is 3. The highest BCUT2D eigenvalue weighted by Crippen LogP contribution is 2.11. The summed E-state index contributed by atoms with van der Waals surface area (Å²) in [5, 5.41) is 14.2. The lowest BCUT2D eigenvalue weighted by molar-refractivity contribution is -0.126. The van der Waals surface area contributed by atoms with Crippen LogP contribution in [0.2, 0.25) is 0 Å². The predicted molar refractivity (Wildman–Crippen MR) is 97.6 cm³/mol. The molecule has 1 atom stereocenters. The zero-order valence-corrected chi connectivity index (χ0v) is 14.6. The van der Waals surface area contributed by atoms with Crippen molar-refractivity contribution in [2.24, 2.45) is 5.73 Å². The number of carbonyl (C=O) groups is 3. The topological polar surface area (TPSA) is 131 Å². The van der Waals surface area contributed by atoms with Crippen LogP contribution in [0, 0.1) is 0 Å². The second-order valence-corrected chi connectivity index (χ2v) is 5.81. The first-order valence-electron chi connectivity index (χ1n) is 8.25. The summed E-state index contributed by atoms with van der Waals surface area (Å²) in [7, 11) is 0. The summed E-state index contributed by atoms with van der Waals surface area (Å²) in [6.45, 7) is -0.285. The first-order chi connectivity index (χ1) is 12.9. The molecule has 2 aromatic rings. The summed E-state index contributed by atoms with van der Waals surface area (Å²) in [5.74, 6) is -1.18. The van der Waals surface area contributed by atoms with Gasteiger partial charge in [0.2, 0.25) is 11.8 Å². The molecule has 27 heavy (non-hydrogen) atoms. The molecule has 0 saturated heterocycles. The van der Waals surface area contributed by atoms with Crippen LogP contribution in [0.5, 0.6) is 5.75 Å². The van der Waals surface area contributed by atoms with Crippen LogP contribution in [0.25, 0.3) is 0 Å². The molecule has 142 valence electrons. The van der Waals surface area contributed by atoms with E-state index in [-0.39, 0.29) is 25.3 Å². The van der Waals surface area contributed by atoms with Crippen molar-refractivity contribution in [3.05, 3.63) is 65.7 Å². The van der Waals surface area contributed by atoms with E-state index in [1.165, 1.54) is 12.1 Å². The van der Waals surface area contributed by atoms with Crippen LogP contribution in [0.4, 0.5) is 4.79 Å². The highest BCUT2D eigenvalue weighted by Gasteiger charge is 2.22. The number of benzene rings is 2. The van der Waals surface area contributed by atoms with Gasteiger partial charge in [0.05, 0.1) is 6.54 Å². The number of nitrogens with one attached hydrogen (secondary N) is 2. The largest absolute Gasteiger partial charge is 0.508 e. The monoisotopic (exact) mass is 371 g/mol. The van der Waals surface area contributed by atoms with Gasteiger partial charge in [-0.2, -0.15) is 0 Å². The van der Waals surface area contributed by atoms with Crippen LogP contribution in [-0.4, -0.2) is 35.6 Å². The standard InChI is InChI=1S/C19H21N3O5/c20-17(24)11-21-18(25)16(10-13-6-8-15(23)9-7-13)22-19(26)27-12-14-4-2-1-3-5-14/h1-9,16,23H,10-12H2,(H2,20,24)(H,21,25)(H,22,26)/t16-/m0/s1. The van der Waals surface area contributed by atoms with E-state index < -0.39 is 23.9 Å². The Morgan fingerprint density at radius 2 is 1.67 bits per heavy atom. The van der Waals surface area contributed by atoms with Crippen molar-refractivity contribution in [2.75, 3.05) is 6.54 Å². The Morgan fingerprint density at radius 1 is 1.00 bits per heavy atom. The Labute approximate surface area is 156 Å². The lowest BCUT2D eigenvalue weighted by Crippen LogP contribution is -2.49. The second-order valence-electron chi connectivity index (χ2n) is 5.81. The van der Waals surface area contributed by atoms with Gasteiger partial charge in [0.25, 0.3) is 0 Å². The third kappa shape index (κ3) is 7.07. The summed E-state index contributed by atoms with van der Waals surface area (Å²) < 4.78 is 5.13. The molecule has 0 heterocycles. The van der Waals surface area contributed by atoms with E-state index in [9.17, 15) is 19.5 Å². The van der Waals surface area contributed by atoms with Crippen LogP contribution in [0.15, 0.2) is 54.6 Å². The molecule has 0 aliphatic heterocycles. The Bertz CT molecular complexity index is 778. The summed E-state index contributed by atoms with van der Waals surface area (Å²) >= 11 is 0. The maximum Gasteiger partial charge on any atom is 0.408 e. The number of ether oxygens (including phenoxy) is 1.